The quantitative estimate of drug-likeness (QED) is 0.889. The lowest BCUT2D eigenvalue weighted by Gasteiger charge is -2.36. The lowest BCUT2D eigenvalue weighted by atomic mass is 10.1. The second kappa shape index (κ2) is 6.69. The van der Waals surface area contributed by atoms with Crippen LogP contribution < -0.4 is 5.32 Å². The van der Waals surface area contributed by atoms with Gasteiger partial charge in [-0.3, -0.25) is 0 Å². The van der Waals surface area contributed by atoms with E-state index in [1.807, 2.05) is 11.3 Å². The summed E-state index contributed by atoms with van der Waals surface area (Å²) in [7, 11) is 0. The van der Waals surface area contributed by atoms with Crippen molar-refractivity contribution < 1.29 is 0 Å². The molecule has 0 aromatic carbocycles. The van der Waals surface area contributed by atoms with E-state index < -0.39 is 0 Å². The van der Waals surface area contributed by atoms with Crippen LogP contribution in [0.1, 0.15) is 37.3 Å². The third kappa shape index (κ3) is 3.27. The fourth-order valence-electron chi connectivity index (χ4n) is 2.30. The largest absolute Gasteiger partial charge is 0.309 e. The molecule has 2 rings (SSSR count). The summed E-state index contributed by atoms with van der Waals surface area (Å²) in [5.74, 6) is 1.27. The summed E-state index contributed by atoms with van der Waals surface area (Å²) in [5, 5.41) is 8.19. The van der Waals surface area contributed by atoms with E-state index in [1.165, 1.54) is 16.2 Å². The Kier molecular flexibility index (Phi) is 5.48. The zero-order chi connectivity index (χ0) is 13.1. The van der Waals surface area contributed by atoms with Crippen molar-refractivity contribution in [3.63, 3.8) is 0 Å². The number of thiophene rings is 1. The first-order valence-corrected chi connectivity index (χ1v) is 9.55. The fraction of sp³-hybridized carbons (Fsp3) is 0.714. The van der Waals surface area contributed by atoms with Crippen LogP contribution in [0.5, 0.6) is 0 Å². The standard InChI is InChI=1S/C14H23NS3/c1-5-15-13(14-9(2)6-7-16-14)12-8-17-10(3)11(4)18-12/h6-7,10-13,15H,5,8H2,1-4H3. The minimum absolute atomic E-state index is 0.530. The van der Waals surface area contributed by atoms with Crippen LogP contribution >= 0.6 is 34.9 Å². The van der Waals surface area contributed by atoms with Gasteiger partial charge in [0.25, 0.3) is 0 Å². The van der Waals surface area contributed by atoms with Crippen molar-refractivity contribution in [2.45, 2.75) is 49.5 Å². The molecule has 0 saturated carbocycles. The minimum Gasteiger partial charge on any atom is -0.309 e. The summed E-state index contributed by atoms with van der Waals surface area (Å²) in [4.78, 5) is 1.54. The van der Waals surface area contributed by atoms with Gasteiger partial charge in [-0.1, -0.05) is 20.8 Å². The predicted octanol–water partition coefficient (Wildman–Crippen LogP) is 4.33. The van der Waals surface area contributed by atoms with E-state index >= 15 is 0 Å². The average Bonchev–Trinajstić information content (AvgIpc) is 2.76. The first-order chi connectivity index (χ1) is 8.63. The molecule has 1 N–H and O–H groups in total. The first kappa shape index (κ1) is 14.8. The van der Waals surface area contributed by atoms with E-state index in [2.05, 4.69) is 68.0 Å². The van der Waals surface area contributed by atoms with Crippen molar-refractivity contribution in [2.24, 2.45) is 0 Å². The van der Waals surface area contributed by atoms with Crippen molar-refractivity contribution in [3.8, 4) is 0 Å². The second-order valence-electron chi connectivity index (χ2n) is 4.92. The third-order valence-corrected chi connectivity index (χ3v) is 8.15. The molecule has 1 aliphatic rings. The molecule has 1 fully saturated rings. The van der Waals surface area contributed by atoms with Crippen LogP contribution in [0.25, 0.3) is 0 Å². The van der Waals surface area contributed by atoms with Crippen LogP contribution in [0, 0.1) is 6.92 Å². The zero-order valence-electron chi connectivity index (χ0n) is 11.6. The number of hydrogen-bond acceptors (Lipinski definition) is 4. The van der Waals surface area contributed by atoms with E-state index in [4.69, 9.17) is 0 Å². The number of rotatable bonds is 4. The lowest BCUT2D eigenvalue weighted by Crippen LogP contribution is -2.37. The first-order valence-electron chi connectivity index (χ1n) is 6.68. The highest BCUT2D eigenvalue weighted by Gasteiger charge is 2.32. The Morgan fingerprint density at radius 3 is 2.72 bits per heavy atom. The van der Waals surface area contributed by atoms with Crippen LogP contribution in [-0.4, -0.2) is 28.0 Å². The number of aryl methyl sites for hydroxylation is 1. The molecule has 4 atom stereocenters. The fourth-order valence-corrected chi connectivity index (χ4v) is 6.55. The van der Waals surface area contributed by atoms with Gasteiger partial charge in [0.15, 0.2) is 0 Å². The smallest absolute Gasteiger partial charge is 0.0546 e. The highest BCUT2D eigenvalue weighted by molar-refractivity contribution is 8.07. The van der Waals surface area contributed by atoms with Crippen molar-refractivity contribution in [1.29, 1.82) is 0 Å². The molecule has 4 heteroatoms. The third-order valence-electron chi connectivity index (χ3n) is 3.55. The molecule has 1 aromatic rings. The Balaban J connectivity index is 2.13. The van der Waals surface area contributed by atoms with E-state index in [0.717, 1.165) is 17.0 Å². The van der Waals surface area contributed by atoms with E-state index in [-0.39, 0.29) is 0 Å². The predicted molar refractivity (Wildman–Crippen MR) is 88.2 cm³/mol. The molecule has 4 unspecified atom stereocenters. The Morgan fingerprint density at radius 2 is 2.17 bits per heavy atom. The van der Waals surface area contributed by atoms with Crippen LogP contribution in [0.3, 0.4) is 0 Å². The molecular formula is C14H23NS3. The molecule has 1 aromatic heterocycles. The topological polar surface area (TPSA) is 12.0 Å². The van der Waals surface area contributed by atoms with Gasteiger partial charge in [0, 0.05) is 26.4 Å². The SMILES string of the molecule is CCNC(c1sccc1C)C1CSC(C)C(C)S1. The molecule has 0 bridgehead atoms. The van der Waals surface area contributed by atoms with Crippen molar-refractivity contribution >= 4 is 34.9 Å². The van der Waals surface area contributed by atoms with Gasteiger partial charge in [0.05, 0.1) is 6.04 Å². The van der Waals surface area contributed by atoms with Gasteiger partial charge in [0.2, 0.25) is 0 Å². The molecule has 102 valence electrons. The molecule has 0 spiro atoms. The Morgan fingerprint density at radius 1 is 1.39 bits per heavy atom. The van der Waals surface area contributed by atoms with Crippen LogP contribution in [-0.2, 0) is 0 Å². The van der Waals surface area contributed by atoms with Gasteiger partial charge in [-0.15, -0.1) is 11.3 Å². The molecule has 0 aliphatic carbocycles. The van der Waals surface area contributed by atoms with Crippen molar-refractivity contribution in [2.75, 3.05) is 12.3 Å². The maximum atomic E-state index is 3.71. The number of nitrogens with one attached hydrogen (secondary N) is 1. The highest BCUT2D eigenvalue weighted by Crippen LogP contribution is 2.42. The Labute approximate surface area is 124 Å². The molecule has 1 saturated heterocycles. The van der Waals surface area contributed by atoms with Gasteiger partial charge < -0.3 is 5.32 Å². The van der Waals surface area contributed by atoms with Crippen LogP contribution in [0.4, 0.5) is 0 Å². The summed E-state index contributed by atoms with van der Waals surface area (Å²) in [6.45, 7) is 10.2. The lowest BCUT2D eigenvalue weighted by molar-refractivity contribution is 0.554. The summed E-state index contributed by atoms with van der Waals surface area (Å²) >= 11 is 6.22. The summed E-state index contributed by atoms with van der Waals surface area (Å²) in [6.07, 6.45) is 0. The summed E-state index contributed by atoms with van der Waals surface area (Å²) < 4.78 is 0. The van der Waals surface area contributed by atoms with Crippen molar-refractivity contribution in [1.82, 2.24) is 5.32 Å². The van der Waals surface area contributed by atoms with E-state index in [1.54, 1.807) is 0 Å². The van der Waals surface area contributed by atoms with Gasteiger partial charge in [0.1, 0.15) is 0 Å². The Hall–Kier alpha value is 0.360. The highest BCUT2D eigenvalue weighted by atomic mass is 32.2. The second-order valence-corrected chi connectivity index (χ2v) is 8.90. The normalized spacial score (nSPS) is 30.3. The summed E-state index contributed by atoms with van der Waals surface area (Å²) in [6, 6.07) is 2.78. The summed E-state index contributed by atoms with van der Waals surface area (Å²) in [5.41, 5.74) is 1.45. The molecule has 0 amide bonds. The van der Waals surface area contributed by atoms with Crippen LogP contribution in [0.2, 0.25) is 0 Å². The van der Waals surface area contributed by atoms with Gasteiger partial charge in [-0.25, -0.2) is 0 Å². The van der Waals surface area contributed by atoms with Crippen molar-refractivity contribution in [3.05, 3.63) is 21.9 Å². The maximum absolute atomic E-state index is 3.71. The number of thioether (sulfide) groups is 2. The van der Waals surface area contributed by atoms with E-state index in [0.29, 0.717) is 11.3 Å². The minimum atomic E-state index is 0.530. The molecule has 1 aliphatic heterocycles. The average molecular weight is 302 g/mol. The molecular weight excluding hydrogens is 278 g/mol. The molecule has 0 radical (unpaired) electrons. The van der Waals surface area contributed by atoms with Gasteiger partial charge in [-0.2, -0.15) is 23.5 Å². The zero-order valence-corrected chi connectivity index (χ0v) is 14.1. The van der Waals surface area contributed by atoms with Gasteiger partial charge in [-0.05, 0) is 30.5 Å². The molecule has 2 heterocycles. The maximum Gasteiger partial charge on any atom is 0.0546 e. The van der Waals surface area contributed by atoms with Crippen LogP contribution in [0.15, 0.2) is 11.4 Å². The molecule has 18 heavy (non-hydrogen) atoms. The Bertz CT molecular complexity index is 377. The monoisotopic (exact) mass is 301 g/mol. The molecule has 1 nitrogen and oxygen atoms in total. The van der Waals surface area contributed by atoms with Gasteiger partial charge >= 0.3 is 0 Å². The number of hydrogen-bond donors (Lipinski definition) is 1. The van der Waals surface area contributed by atoms with E-state index in [9.17, 15) is 0 Å².